The Morgan fingerprint density at radius 2 is 1.55 bits per heavy atom. The Morgan fingerprint density at radius 1 is 0.955 bits per heavy atom. The minimum Gasteiger partial charge on any atom is -0.543 e. The van der Waals surface area contributed by atoms with Crippen molar-refractivity contribution in [3.8, 4) is 24.3 Å². The molecule has 0 aliphatic heterocycles. The van der Waals surface area contributed by atoms with Crippen LogP contribution in [0.4, 0.5) is 0 Å². The van der Waals surface area contributed by atoms with Crippen LogP contribution in [-0.2, 0) is 17.1 Å². The molecular formula is C14H2CuN5O2. The van der Waals surface area contributed by atoms with Gasteiger partial charge in [0, 0.05) is 5.39 Å². The van der Waals surface area contributed by atoms with Crippen molar-refractivity contribution < 1.29 is 27.0 Å². The first kappa shape index (κ1) is 16.6. The molecule has 1 heterocycles. The normalized spacial score (nSPS) is 8.73. The van der Waals surface area contributed by atoms with E-state index in [1.807, 2.05) is 0 Å². The number of nitriles is 4. The van der Waals surface area contributed by atoms with Gasteiger partial charge in [-0.2, -0.15) is 21.0 Å². The van der Waals surface area contributed by atoms with E-state index in [2.05, 4.69) is 4.98 Å². The Balaban J connectivity index is 0.00000242. The Bertz CT molecular complexity index is 971. The third-order valence-corrected chi connectivity index (χ3v) is 2.80. The van der Waals surface area contributed by atoms with Crippen LogP contribution in [0.3, 0.4) is 0 Å². The average Bonchev–Trinajstić information content (AvgIpc) is 2.51. The van der Waals surface area contributed by atoms with Crippen LogP contribution in [0.5, 0.6) is 0 Å². The van der Waals surface area contributed by atoms with Crippen LogP contribution in [0.15, 0.2) is 12.1 Å². The van der Waals surface area contributed by atoms with Crippen molar-refractivity contribution in [3.63, 3.8) is 0 Å². The number of pyridine rings is 1. The first-order chi connectivity index (χ1) is 10.1. The summed E-state index contributed by atoms with van der Waals surface area (Å²) in [6.45, 7) is 0. The first-order valence-corrected chi connectivity index (χ1v) is 5.41. The molecule has 22 heavy (non-hydrogen) atoms. The molecule has 0 bridgehead atoms. The van der Waals surface area contributed by atoms with Crippen LogP contribution < -0.4 is 5.11 Å². The number of carboxylic acids is 1. The maximum Gasteiger partial charge on any atom is 1.00 e. The predicted octanol–water partition coefficient (Wildman–Crippen LogP) is 0.0825. The molecule has 0 saturated carbocycles. The SMILES string of the molecule is N#Cc1ccc2nc(C(=O)[O-])c(C#N)c(C#N)c2c1C#N.[Cu+]. The summed E-state index contributed by atoms with van der Waals surface area (Å²) < 4.78 is 0. The monoisotopic (exact) mass is 335 g/mol. The summed E-state index contributed by atoms with van der Waals surface area (Å²) in [6, 6.07) is 9.45. The second kappa shape index (κ2) is 6.35. The number of benzene rings is 1. The molecule has 7 nitrogen and oxygen atoms in total. The van der Waals surface area contributed by atoms with Crippen LogP contribution in [0.25, 0.3) is 10.9 Å². The molecular weight excluding hydrogens is 334 g/mol. The van der Waals surface area contributed by atoms with E-state index >= 15 is 0 Å². The Hall–Kier alpha value is -3.42. The van der Waals surface area contributed by atoms with Gasteiger partial charge in [-0.1, -0.05) is 0 Å². The summed E-state index contributed by atoms with van der Waals surface area (Å²) >= 11 is 0. The number of hydrogen-bond donors (Lipinski definition) is 0. The summed E-state index contributed by atoms with van der Waals surface area (Å²) in [5.41, 5.74) is -1.56. The topological polar surface area (TPSA) is 148 Å². The van der Waals surface area contributed by atoms with E-state index in [0.717, 1.165) is 0 Å². The van der Waals surface area contributed by atoms with Crippen molar-refractivity contribution in [1.29, 1.82) is 21.0 Å². The standard InChI is InChI=1S/C14H3N5O2.Cu/c15-3-7-1-2-11-12(8(7)4-16)9(5-17)10(6-18)13(19-11)14(20)21;/h1-2H,(H,20,21);/q;+1/p-1. The second-order valence-electron chi connectivity index (χ2n) is 3.83. The zero-order valence-electron chi connectivity index (χ0n) is 10.5. The van der Waals surface area contributed by atoms with Gasteiger partial charge in [0.25, 0.3) is 0 Å². The minimum absolute atomic E-state index is 0. The third-order valence-electron chi connectivity index (χ3n) is 2.80. The third kappa shape index (κ3) is 2.33. The van der Waals surface area contributed by atoms with E-state index in [9.17, 15) is 15.2 Å². The molecule has 0 aliphatic carbocycles. The van der Waals surface area contributed by atoms with E-state index in [-0.39, 0.29) is 44.7 Å². The Morgan fingerprint density at radius 3 is 2.00 bits per heavy atom. The van der Waals surface area contributed by atoms with Crippen LogP contribution in [-0.4, -0.2) is 11.0 Å². The second-order valence-corrected chi connectivity index (χ2v) is 3.83. The summed E-state index contributed by atoms with van der Waals surface area (Å²) in [4.78, 5) is 14.8. The quantitative estimate of drug-likeness (QED) is 0.670. The van der Waals surface area contributed by atoms with Crippen molar-refractivity contribution in [2.75, 3.05) is 0 Å². The minimum atomic E-state index is -1.70. The van der Waals surface area contributed by atoms with Gasteiger partial charge in [-0.25, -0.2) is 4.98 Å². The van der Waals surface area contributed by atoms with Gasteiger partial charge in [0.1, 0.15) is 30.0 Å². The predicted molar refractivity (Wildman–Crippen MR) is 64.9 cm³/mol. The van der Waals surface area contributed by atoms with E-state index in [1.54, 1.807) is 24.3 Å². The maximum atomic E-state index is 11.0. The summed E-state index contributed by atoms with van der Waals surface area (Å²) in [6.07, 6.45) is 0. The molecule has 0 N–H and O–H groups in total. The maximum absolute atomic E-state index is 11.0. The number of carboxylic acid groups (broad SMARTS) is 1. The van der Waals surface area contributed by atoms with Crippen molar-refractivity contribution in [1.82, 2.24) is 4.98 Å². The molecule has 0 unspecified atom stereocenters. The van der Waals surface area contributed by atoms with Gasteiger partial charge in [0.05, 0.1) is 33.7 Å². The number of fused-ring (bicyclic) bond motifs is 1. The molecule has 106 valence electrons. The zero-order valence-corrected chi connectivity index (χ0v) is 11.5. The van der Waals surface area contributed by atoms with Gasteiger partial charge in [-0.05, 0) is 12.1 Å². The van der Waals surface area contributed by atoms with E-state index in [4.69, 9.17) is 15.8 Å². The number of aromatic nitrogens is 1. The van der Waals surface area contributed by atoms with Gasteiger partial charge in [-0.15, -0.1) is 0 Å². The van der Waals surface area contributed by atoms with Gasteiger partial charge in [0.15, 0.2) is 0 Å². The fourth-order valence-corrected chi connectivity index (χ4v) is 1.94. The molecule has 0 spiro atoms. The number of rotatable bonds is 1. The van der Waals surface area contributed by atoms with Crippen LogP contribution >= 0.6 is 0 Å². The molecule has 0 saturated heterocycles. The van der Waals surface area contributed by atoms with Gasteiger partial charge in [-0.3, -0.25) is 0 Å². The molecule has 0 fully saturated rings. The number of carbonyl (C=O) groups excluding carboxylic acids is 1. The summed E-state index contributed by atoms with van der Waals surface area (Å²) in [7, 11) is 0. The van der Waals surface area contributed by atoms with E-state index in [0.29, 0.717) is 0 Å². The fourth-order valence-electron chi connectivity index (χ4n) is 1.94. The molecule has 0 radical (unpaired) electrons. The molecule has 0 amide bonds. The molecule has 2 aromatic rings. The van der Waals surface area contributed by atoms with Crippen LogP contribution in [0.1, 0.15) is 32.7 Å². The number of hydrogen-bond acceptors (Lipinski definition) is 7. The summed E-state index contributed by atoms with van der Waals surface area (Å²) in [5, 5.41) is 47.4. The molecule has 2 rings (SSSR count). The Labute approximate surface area is 134 Å². The van der Waals surface area contributed by atoms with Crippen LogP contribution in [0.2, 0.25) is 0 Å². The molecule has 0 aliphatic rings. The number of aromatic carboxylic acids is 1. The average molecular weight is 336 g/mol. The molecule has 0 atom stereocenters. The van der Waals surface area contributed by atoms with Gasteiger partial charge in [0.2, 0.25) is 0 Å². The van der Waals surface area contributed by atoms with Crippen LogP contribution in [0, 0.1) is 45.3 Å². The smallest absolute Gasteiger partial charge is 0.543 e. The molecule has 1 aromatic heterocycles. The molecule has 8 heteroatoms. The van der Waals surface area contributed by atoms with E-state index < -0.39 is 17.2 Å². The number of carbonyl (C=O) groups is 1. The fraction of sp³-hybridized carbons (Fsp3) is 0. The number of nitrogens with zero attached hydrogens (tertiary/aromatic N) is 5. The van der Waals surface area contributed by atoms with Crippen molar-refractivity contribution in [2.24, 2.45) is 0 Å². The Kier molecular flexibility index (Phi) is 4.80. The van der Waals surface area contributed by atoms with Crippen molar-refractivity contribution in [2.45, 2.75) is 0 Å². The summed E-state index contributed by atoms with van der Waals surface area (Å²) in [5.74, 6) is -1.70. The molecule has 1 aromatic carbocycles. The van der Waals surface area contributed by atoms with Crippen molar-refractivity contribution >= 4 is 16.9 Å². The largest absolute Gasteiger partial charge is 1.00 e. The van der Waals surface area contributed by atoms with Gasteiger partial charge >= 0.3 is 17.1 Å². The van der Waals surface area contributed by atoms with Gasteiger partial charge < -0.3 is 9.90 Å². The van der Waals surface area contributed by atoms with E-state index in [1.165, 1.54) is 12.1 Å². The first-order valence-electron chi connectivity index (χ1n) is 5.41. The zero-order chi connectivity index (χ0) is 15.6. The van der Waals surface area contributed by atoms with Crippen molar-refractivity contribution in [3.05, 3.63) is 40.1 Å².